The number of nitrogens with one attached hydrogen (secondary N) is 3. The molecule has 2 aromatic rings. The van der Waals surface area contributed by atoms with E-state index in [2.05, 4.69) is 15.6 Å². The second-order valence-electron chi connectivity index (χ2n) is 6.96. The third kappa shape index (κ3) is 5.61. The van der Waals surface area contributed by atoms with Crippen molar-refractivity contribution in [1.29, 1.82) is 5.41 Å². The predicted octanol–water partition coefficient (Wildman–Crippen LogP) is 4.99. The zero-order chi connectivity index (χ0) is 22.4. The predicted molar refractivity (Wildman–Crippen MR) is 125 cm³/mol. The summed E-state index contributed by atoms with van der Waals surface area (Å²) in [6.07, 6.45) is 6.53. The number of carbonyl (C=O) groups is 1. The van der Waals surface area contributed by atoms with E-state index in [1.54, 1.807) is 25.5 Å². The highest BCUT2D eigenvalue weighted by Crippen LogP contribution is 2.37. The highest BCUT2D eigenvalue weighted by atomic mass is 32.1. The zero-order valence-corrected chi connectivity index (χ0v) is 18.9. The molecule has 31 heavy (non-hydrogen) atoms. The van der Waals surface area contributed by atoms with Crippen LogP contribution in [0.1, 0.15) is 18.2 Å². The first-order chi connectivity index (χ1) is 14.9. The SMILES string of the molecule is CCN/C=C1/C=C(COC(=O)Nc2sc(-c3ccc(C)cc3OC)nc2C)C=CC1=N. The van der Waals surface area contributed by atoms with Gasteiger partial charge in [-0.3, -0.25) is 5.32 Å². The molecule has 0 bridgehead atoms. The van der Waals surface area contributed by atoms with E-state index in [-0.39, 0.29) is 6.61 Å². The van der Waals surface area contributed by atoms with Crippen LogP contribution in [0.2, 0.25) is 0 Å². The van der Waals surface area contributed by atoms with Gasteiger partial charge >= 0.3 is 6.09 Å². The molecule has 3 N–H and O–H groups in total. The molecule has 0 atom stereocenters. The van der Waals surface area contributed by atoms with E-state index in [0.717, 1.165) is 39.6 Å². The van der Waals surface area contributed by atoms with Gasteiger partial charge in [0.15, 0.2) is 0 Å². The quantitative estimate of drug-likeness (QED) is 0.566. The first-order valence-electron chi connectivity index (χ1n) is 9.88. The summed E-state index contributed by atoms with van der Waals surface area (Å²) in [5.41, 5.74) is 4.65. The van der Waals surface area contributed by atoms with Crippen LogP contribution in [-0.2, 0) is 4.74 Å². The van der Waals surface area contributed by atoms with Gasteiger partial charge in [0.1, 0.15) is 22.4 Å². The van der Waals surface area contributed by atoms with Crippen molar-refractivity contribution in [3.05, 3.63) is 65.0 Å². The molecule has 1 amide bonds. The molecule has 0 aliphatic heterocycles. The number of nitrogens with zero attached hydrogens (tertiary/aromatic N) is 1. The lowest BCUT2D eigenvalue weighted by Gasteiger charge is -2.12. The Balaban J connectivity index is 1.65. The summed E-state index contributed by atoms with van der Waals surface area (Å²) < 4.78 is 10.8. The molecule has 1 aromatic heterocycles. The fourth-order valence-electron chi connectivity index (χ4n) is 2.91. The number of thiazole rings is 1. The summed E-state index contributed by atoms with van der Waals surface area (Å²) in [6, 6.07) is 5.92. The van der Waals surface area contributed by atoms with Crippen molar-refractivity contribution in [2.24, 2.45) is 0 Å². The molecule has 1 aromatic carbocycles. The Kier molecular flexibility index (Phi) is 7.25. The van der Waals surface area contributed by atoms with Crippen LogP contribution in [-0.4, -0.2) is 37.1 Å². The van der Waals surface area contributed by atoms with Crippen LogP contribution in [0.25, 0.3) is 10.6 Å². The number of allylic oxidation sites excluding steroid dienone is 3. The van der Waals surface area contributed by atoms with Crippen LogP contribution in [0.4, 0.5) is 9.80 Å². The monoisotopic (exact) mass is 438 g/mol. The normalized spacial score (nSPS) is 14.4. The molecule has 0 fully saturated rings. The van der Waals surface area contributed by atoms with Gasteiger partial charge in [-0.25, -0.2) is 9.78 Å². The van der Waals surface area contributed by atoms with Gasteiger partial charge in [0.05, 0.1) is 24.1 Å². The Morgan fingerprint density at radius 3 is 2.84 bits per heavy atom. The third-order valence-electron chi connectivity index (χ3n) is 4.55. The van der Waals surface area contributed by atoms with Gasteiger partial charge in [-0.1, -0.05) is 23.5 Å². The molecule has 0 saturated heterocycles. The standard InChI is InChI=1S/C23H26N4O3S/c1-5-25-12-17-11-16(7-9-19(17)24)13-30-23(28)27-21-15(3)26-22(31-21)18-8-6-14(2)10-20(18)29-4/h6-12,24-25H,5,13H2,1-4H3,(H,27,28)/b17-12-,24-19?. The maximum absolute atomic E-state index is 12.3. The highest BCUT2D eigenvalue weighted by Gasteiger charge is 2.16. The van der Waals surface area contributed by atoms with Crippen molar-refractivity contribution in [2.75, 3.05) is 25.6 Å². The molecule has 1 aliphatic rings. The third-order valence-corrected chi connectivity index (χ3v) is 5.65. The lowest BCUT2D eigenvalue weighted by atomic mass is 10.0. The van der Waals surface area contributed by atoms with E-state index in [1.807, 2.05) is 45.0 Å². The Bertz CT molecular complexity index is 1080. The minimum atomic E-state index is -0.554. The molecule has 7 nitrogen and oxygen atoms in total. The minimum absolute atomic E-state index is 0.107. The Labute approximate surface area is 186 Å². The van der Waals surface area contributed by atoms with E-state index in [0.29, 0.717) is 16.4 Å². The molecule has 8 heteroatoms. The van der Waals surface area contributed by atoms with Gasteiger partial charge in [-0.2, -0.15) is 0 Å². The van der Waals surface area contributed by atoms with Gasteiger partial charge in [0.2, 0.25) is 0 Å². The first-order valence-corrected chi connectivity index (χ1v) is 10.7. The Morgan fingerprint density at radius 1 is 1.29 bits per heavy atom. The van der Waals surface area contributed by atoms with Crippen molar-refractivity contribution < 1.29 is 14.3 Å². The Hall–Kier alpha value is -3.39. The second kappa shape index (κ2) is 10.1. The number of hydrogen-bond acceptors (Lipinski definition) is 7. The van der Waals surface area contributed by atoms with Crippen LogP contribution >= 0.6 is 11.3 Å². The number of aromatic nitrogens is 1. The first kappa shape index (κ1) is 22.3. The number of hydrogen-bond donors (Lipinski definition) is 3. The number of benzene rings is 1. The number of anilines is 1. The average Bonchev–Trinajstić information content (AvgIpc) is 3.11. The van der Waals surface area contributed by atoms with Gasteiger partial charge in [-0.05, 0) is 56.2 Å². The fourth-order valence-corrected chi connectivity index (χ4v) is 3.90. The summed E-state index contributed by atoms with van der Waals surface area (Å²) in [5, 5.41) is 15.2. The molecule has 0 radical (unpaired) electrons. The summed E-state index contributed by atoms with van der Waals surface area (Å²) >= 11 is 1.37. The number of ether oxygens (including phenoxy) is 2. The summed E-state index contributed by atoms with van der Waals surface area (Å²) in [6.45, 7) is 6.70. The molecule has 162 valence electrons. The zero-order valence-electron chi connectivity index (χ0n) is 18.0. The van der Waals surface area contributed by atoms with E-state index >= 15 is 0 Å². The van der Waals surface area contributed by atoms with Gasteiger partial charge in [-0.15, -0.1) is 0 Å². The lowest BCUT2D eigenvalue weighted by Crippen LogP contribution is -2.16. The van der Waals surface area contributed by atoms with Gasteiger partial charge in [0, 0.05) is 18.3 Å². The number of methoxy groups -OCH3 is 1. The largest absolute Gasteiger partial charge is 0.496 e. The van der Waals surface area contributed by atoms with Crippen LogP contribution in [0, 0.1) is 19.3 Å². The van der Waals surface area contributed by atoms with E-state index < -0.39 is 6.09 Å². The van der Waals surface area contributed by atoms with Gasteiger partial charge in [0.25, 0.3) is 0 Å². The van der Waals surface area contributed by atoms with Crippen molar-refractivity contribution >= 4 is 28.1 Å². The second-order valence-corrected chi connectivity index (χ2v) is 7.96. The molecule has 0 spiro atoms. The number of amides is 1. The average molecular weight is 439 g/mol. The van der Waals surface area contributed by atoms with E-state index in [1.165, 1.54) is 11.3 Å². The molecule has 1 aliphatic carbocycles. The van der Waals surface area contributed by atoms with Crippen LogP contribution < -0.4 is 15.4 Å². The fraction of sp³-hybridized carbons (Fsp3) is 0.261. The maximum Gasteiger partial charge on any atom is 0.412 e. The van der Waals surface area contributed by atoms with Crippen molar-refractivity contribution in [3.8, 4) is 16.3 Å². The molecule has 3 rings (SSSR count). The number of aryl methyl sites for hydroxylation is 2. The topological polar surface area (TPSA) is 96.3 Å². The molecule has 1 heterocycles. The molecule has 0 saturated carbocycles. The molecule has 0 unspecified atom stereocenters. The maximum atomic E-state index is 12.3. The Morgan fingerprint density at radius 2 is 2.10 bits per heavy atom. The molecular weight excluding hydrogens is 412 g/mol. The van der Waals surface area contributed by atoms with Crippen molar-refractivity contribution in [3.63, 3.8) is 0 Å². The van der Waals surface area contributed by atoms with Crippen LogP contribution in [0.5, 0.6) is 5.75 Å². The summed E-state index contributed by atoms with van der Waals surface area (Å²) in [4.78, 5) is 16.9. The van der Waals surface area contributed by atoms with Crippen LogP contribution in [0.3, 0.4) is 0 Å². The highest BCUT2D eigenvalue weighted by molar-refractivity contribution is 7.19. The van der Waals surface area contributed by atoms with E-state index in [9.17, 15) is 4.79 Å². The lowest BCUT2D eigenvalue weighted by molar-refractivity contribution is 0.172. The number of carbonyl (C=O) groups excluding carboxylic acids is 1. The number of rotatable bonds is 7. The molecular formula is C23H26N4O3S. The van der Waals surface area contributed by atoms with Crippen LogP contribution in [0.15, 0.2) is 53.8 Å². The smallest absolute Gasteiger partial charge is 0.412 e. The van der Waals surface area contributed by atoms with Crippen molar-refractivity contribution in [1.82, 2.24) is 10.3 Å². The minimum Gasteiger partial charge on any atom is -0.496 e. The van der Waals surface area contributed by atoms with Gasteiger partial charge < -0.3 is 20.2 Å². The summed E-state index contributed by atoms with van der Waals surface area (Å²) in [7, 11) is 1.63. The summed E-state index contributed by atoms with van der Waals surface area (Å²) in [5.74, 6) is 0.742. The van der Waals surface area contributed by atoms with E-state index in [4.69, 9.17) is 14.9 Å². The van der Waals surface area contributed by atoms with Crippen molar-refractivity contribution in [2.45, 2.75) is 20.8 Å².